The minimum atomic E-state index is -3.38. The van der Waals surface area contributed by atoms with E-state index in [9.17, 15) is 18.6 Å². The zero-order chi connectivity index (χ0) is 19.9. The predicted molar refractivity (Wildman–Crippen MR) is 98.4 cm³/mol. The van der Waals surface area contributed by atoms with Gasteiger partial charge in [0.1, 0.15) is 24.6 Å². The van der Waals surface area contributed by atoms with Gasteiger partial charge in [0.05, 0.1) is 24.7 Å². The smallest absolute Gasteiger partial charge is 0.167 e. The lowest BCUT2D eigenvalue weighted by Gasteiger charge is -2.17. The largest absolute Gasteiger partial charge is 0.387 e. The molecule has 2 aromatic heterocycles. The van der Waals surface area contributed by atoms with Gasteiger partial charge in [0, 0.05) is 12.4 Å². The Bertz CT molecular complexity index is 944. The zero-order valence-corrected chi connectivity index (χ0v) is 16.1. The van der Waals surface area contributed by atoms with Gasteiger partial charge in [-0.25, -0.2) is 23.4 Å². The average molecular weight is 413 g/mol. The van der Waals surface area contributed by atoms with Crippen molar-refractivity contribution in [3.05, 3.63) is 12.7 Å². The number of sulfone groups is 1. The van der Waals surface area contributed by atoms with E-state index < -0.39 is 34.4 Å². The molecule has 0 bridgehead atoms. The van der Waals surface area contributed by atoms with Crippen LogP contribution in [0.25, 0.3) is 11.2 Å². The fraction of sp³-hybridized carbons (Fsp3) is 0.688. The van der Waals surface area contributed by atoms with E-state index in [4.69, 9.17) is 9.47 Å². The fourth-order valence-electron chi connectivity index (χ4n) is 3.45. The first-order valence-electron chi connectivity index (χ1n) is 9.13. The van der Waals surface area contributed by atoms with Gasteiger partial charge in [-0.05, 0) is 6.42 Å². The number of aliphatic hydroxyl groups is 2. The van der Waals surface area contributed by atoms with Gasteiger partial charge in [0.15, 0.2) is 33.0 Å². The van der Waals surface area contributed by atoms with Gasteiger partial charge in [-0.3, -0.25) is 4.57 Å². The van der Waals surface area contributed by atoms with Gasteiger partial charge >= 0.3 is 0 Å². The van der Waals surface area contributed by atoms with Gasteiger partial charge < -0.3 is 25.0 Å². The lowest BCUT2D eigenvalue weighted by molar-refractivity contribution is -0.0292. The van der Waals surface area contributed by atoms with Gasteiger partial charge in [-0.1, -0.05) is 6.92 Å². The summed E-state index contributed by atoms with van der Waals surface area (Å²) in [5.41, 5.74) is 0.899. The summed E-state index contributed by atoms with van der Waals surface area (Å²) in [7, 11) is -3.38. The maximum Gasteiger partial charge on any atom is 0.167 e. The molecular weight excluding hydrogens is 390 g/mol. The zero-order valence-electron chi connectivity index (χ0n) is 15.3. The molecule has 0 spiro atoms. The van der Waals surface area contributed by atoms with Crippen molar-refractivity contribution in [3.63, 3.8) is 0 Å². The third-order valence-electron chi connectivity index (χ3n) is 5.10. The predicted octanol–water partition coefficient (Wildman–Crippen LogP) is -0.919. The summed E-state index contributed by atoms with van der Waals surface area (Å²) in [6.07, 6.45) is -1.02. The SMILES string of the molecule is CCS(=O)(=O)C[C@H]1OC(n2cnc3c(N[C@@H]4CCOC4)ncnc32)[C@H](O)[C@@H]1O. The first-order chi connectivity index (χ1) is 13.4. The molecule has 0 saturated carbocycles. The molecule has 12 heteroatoms. The lowest BCUT2D eigenvalue weighted by atomic mass is 10.1. The number of aromatic nitrogens is 4. The third kappa shape index (κ3) is 3.57. The molecular formula is C16H23N5O6S. The number of nitrogens with zero attached hydrogens (tertiary/aromatic N) is 4. The van der Waals surface area contributed by atoms with Crippen molar-refractivity contribution in [2.45, 2.75) is 43.9 Å². The minimum absolute atomic E-state index is 0.0680. The second kappa shape index (κ2) is 7.52. The summed E-state index contributed by atoms with van der Waals surface area (Å²) in [6, 6.07) is 0.127. The van der Waals surface area contributed by atoms with Crippen molar-refractivity contribution in [2.75, 3.05) is 30.0 Å². The Morgan fingerprint density at radius 3 is 2.82 bits per heavy atom. The summed E-state index contributed by atoms with van der Waals surface area (Å²) in [4.78, 5) is 12.8. The molecule has 2 fully saturated rings. The molecule has 0 aliphatic carbocycles. The number of imidazole rings is 1. The third-order valence-corrected chi connectivity index (χ3v) is 6.81. The normalized spacial score (nSPS) is 30.9. The summed E-state index contributed by atoms with van der Waals surface area (Å²) < 4.78 is 36.3. The van der Waals surface area contributed by atoms with E-state index in [0.29, 0.717) is 30.2 Å². The lowest BCUT2D eigenvalue weighted by Crippen LogP contribution is -2.35. The van der Waals surface area contributed by atoms with E-state index in [1.807, 2.05) is 0 Å². The summed E-state index contributed by atoms with van der Waals surface area (Å²) in [5, 5.41) is 24.0. The second-order valence-electron chi connectivity index (χ2n) is 7.00. The average Bonchev–Trinajstić information content (AvgIpc) is 3.39. The van der Waals surface area contributed by atoms with Crippen molar-refractivity contribution in [1.82, 2.24) is 19.5 Å². The summed E-state index contributed by atoms with van der Waals surface area (Å²) in [6.45, 7) is 2.79. The summed E-state index contributed by atoms with van der Waals surface area (Å²) in [5.74, 6) is 0.105. The van der Waals surface area contributed by atoms with Crippen LogP contribution in [-0.2, 0) is 19.3 Å². The van der Waals surface area contributed by atoms with Crippen LogP contribution in [0.15, 0.2) is 12.7 Å². The van der Waals surface area contributed by atoms with E-state index >= 15 is 0 Å². The summed E-state index contributed by atoms with van der Waals surface area (Å²) >= 11 is 0. The van der Waals surface area contributed by atoms with Crippen LogP contribution in [0, 0.1) is 0 Å². The van der Waals surface area contributed by atoms with Crippen LogP contribution in [0.4, 0.5) is 5.82 Å². The van der Waals surface area contributed by atoms with E-state index in [-0.39, 0.29) is 17.5 Å². The number of ether oxygens (including phenoxy) is 2. The highest BCUT2D eigenvalue weighted by atomic mass is 32.2. The van der Waals surface area contributed by atoms with Gasteiger partial charge in [-0.15, -0.1) is 0 Å². The van der Waals surface area contributed by atoms with E-state index in [2.05, 4.69) is 20.3 Å². The van der Waals surface area contributed by atoms with Crippen LogP contribution < -0.4 is 5.32 Å². The number of aliphatic hydroxyl groups excluding tert-OH is 2. The molecule has 0 aromatic carbocycles. The van der Waals surface area contributed by atoms with Crippen molar-refractivity contribution < 1.29 is 28.1 Å². The van der Waals surface area contributed by atoms with Gasteiger partial charge in [0.25, 0.3) is 0 Å². The van der Waals surface area contributed by atoms with Crippen LogP contribution >= 0.6 is 0 Å². The molecule has 0 radical (unpaired) electrons. The molecule has 4 rings (SSSR count). The molecule has 0 amide bonds. The molecule has 3 N–H and O–H groups in total. The number of hydrogen-bond donors (Lipinski definition) is 3. The standard InChI is InChI=1S/C16H23N5O6S/c1-2-28(24,25)6-10-12(22)13(23)16(27-10)21-8-19-11-14(17-7-18-15(11)21)20-9-3-4-26-5-9/h7-10,12-13,16,22-23H,2-6H2,1H3,(H,17,18,20)/t9-,10-,12-,13-,16?/m1/s1. The number of fused-ring (bicyclic) bond motifs is 1. The Kier molecular flexibility index (Phi) is 5.22. The van der Waals surface area contributed by atoms with Gasteiger partial charge in [0.2, 0.25) is 0 Å². The quantitative estimate of drug-likeness (QED) is 0.543. The Labute approximate surface area is 161 Å². The molecule has 154 valence electrons. The highest BCUT2D eigenvalue weighted by Gasteiger charge is 2.45. The van der Waals surface area contributed by atoms with Crippen LogP contribution in [0.3, 0.4) is 0 Å². The number of hydrogen-bond acceptors (Lipinski definition) is 10. The molecule has 1 unspecified atom stereocenters. The van der Waals surface area contributed by atoms with E-state index in [0.717, 1.165) is 6.42 Å². The van der Waals surface area contributed by atoms with Crippen LogP contribution in [-0.4, -0.2) is 87.2 Å². The maximum absolute atomic E-state index is 11.9. The van der Waals surface area contributed by atoms with Crippen molar-refractivity contribution in [2.24, 2.45) is 0 Å². The van der Waals surface area contributed by atoms with Crippen molar-refractivity contribution in [1.29, 1.82) is 0 Å². The van der Waals surface area contributed by atoms with E-state index in [1.54, 1.807) is 0 Å². The van der Waals surface area contributed by atoms with Crippen LogP contribution in [0.2, 0.25) is 0 Å². The fourth-order valence-corrected chi connectivity index (χ4v) is 4.46. The number of nitrogens with one attached hydrogen (secondary N) is 1. The molecule has 2 aromatic rings. The topological polar surface area (TPSA) is 149 Å². The minimum Gasteiger partial charge on any atom is -0.387 e. The molecule has 5 atom stereocenters. The molecule has 11 nitrogen and oxygen atoms in total. The van der Waals surface area contributed by atoms with Crippen molar-refractivity contribution in [3.8, 4) is 0 Å². The molecule has 28 heavy (non-hydrogen) atoms. The second-order valence-corrected chi connectivity index (χ2v) is 9.39. The highest BCUT2D eigenvalue weighted by molar-refractivity contribution is 7.91. The molecule has 2 saturated heterocycles. The number of rotatable bonds is 6. The molecule has 4 heterocycles. The van der Waals surface area contributed by atoms with Crippen molar-refractivity contribution >= 4 is 26.8 Å². The monoisotopic (exact) mass is 413 g/mol. The Morgan fingerprint density at radius 2 is 2.11 bits per heavy atom. The first kappa shape index (κ1) is 19.5. The molecule has 2 aliphatic heterocycles. The van der Waals surface area contributed by atoms with Gasteiger partial charge in [-0.2, -0.15) is 0 Å². The van der Waals surface area contributed by atoms with Crippen LogP contribution in [0.5, 0.6) is 0 Å². The van der Waals surface area contributed by atoms with E-state index in [1.165, 1.54) is 24.1 Å². The molecule has 2 aliphatic rings. The first-order valence-corrected chi connectivity index (χ1v) is 11.0. The highest BCUT2D eigenvalue weighted by Crippen LogP contribution is 2.33. The Morgan fingerprint density at radius 1 is 1.29 bits per heavy atom. The number of anilines is 1. The van der Waals surface area contributed by atoms with Crippen LogP contribution in [0.1, 0.15) is 19.6 Å². The Balaban J connectivity index is 1.60. The Hall–Kier alpha value is -1.86. The maximum atomic E-state index is 11.9.